The van der Waals surface area contributed by atoms with Gasteiger partial charge in [-0.3, -0.25) is 4.84 Å². The second-order valence-electron chi connectivity index (χ2n) is 2.29. The Balaban J connectivity index is 2.24. The molecule has 0 aromatic carbocycles. The number of rotatable bonds is 2. The van der Waals surface area contributed by atoms with Crippen molar-refractivity contribution in [1.29, 1.82) is 0 Å². The third-order valence-corrected chi connectivity index (χ3v) is 1.46. The van der Waals surface area contributed by atoms with Crippen LogP contribution in [0, 0.1) is 0 Å². The van der Waals surface area contributed by atoms with Crippen LogP contribution >= 0.6 is 15.9 Å². The van der Waals surface area contributed by atoms with Crippen molar-refractivity contribution in [3.05, 3.63) is 11.1 Å². The van der Waals surface area contributed by atoms with E-state index < -0.39 is 0 Å². The summed E-state index contributed by atoms with van der Waals surface area (Å²) in [6.07, 6.45) is -0.341. The van der Waals surface area contributed by atoms with Crippen LogP contribution in [-0.2, 0) is 4.84 Å². The predicted octanol–water partition coefficient (Wildman–Crippen LogP) is 0.503. The minimum absolute atomic E-state index is 0.341. The molecule has 0 unspecified atom stereocenters. The largest absolute Gasteiger partial charge is 0.389 e. The van der Waals surface area contributed by atoms with Crippen LogP contribution in [0.15, 0.2) is 11.1 Å². The number of nitrogens with zero attached hydrogens (tertiary/aromatic N) is 1. The monoisotopic (exact) mass is 207 g/mol. The van der Waals surface area contributed by atoms with E-state index in [1.54, 1.807) is 5.06 Å². The van der Waals surface area contributed by atoms with Gasteiger partial charge in [0.1, 0.15) is 0 Å². The van der Waals surface area contributed by atoms with E-state index in [0.29, 0.717) is 19.7 Å². The van der Waals surface area contributed by atoms with Crippen molar-refractivity contribution in [3.8, 4) is 0 Å². The highest BCUT2D eigenvalue weighted by atomic mass is 79.9. The molecule has 1 N–H and O–H groups in total. The summed E-state index contributed by atoms with van der Waals surface area (Å²) in [7, 11) is 0. The fourth-order valence-electron chi connectivity index (χ4n) is 0.833. The lowest BCUT2D eigenvalue weighted by Crippen LogP contribution is -2.21. The molecule has 1 rings (SSSR count). The Kier molecular flexibility index (Phi) is 2.85. The van der Waals surface area contributed by atoms with Gasteiger partial charge in [-0.05, 0) is 0 Å². The van der Waals surface area contributed by atoms with Gasteiger partial charge in [0.05, 0.1) is 25.8 Å². The highest BCUT2D eigenvalue weighted by molar-refractivity contribution is 9.11. The van der Waals surface area contributed by atoms with Crippen LogP contribution in [0.25, 0.3) is 0 Å². The van der Waals surface area contributed by atoms with Gasteiger partial charge in [-0.1, -0.05) is 22.5 Å². The first kappa shape index (κ1) is 8.20. The van der Waals surface area contributed by atoms with Gasteiger partial charge in [-0.2, -0.15) is 5.06 Å². The molecule has 3 nitrogen and oxygen atoms in total. The van der Waals surface area contributed by atoms with E-state index in [0.717, 1.165) is 4.48 Å². The summed E-state index contributed by atoms with van der Waals surface area (Å²) in [5, 5.41) is 10.7. The first-order valence-corrected chi connectivity index (χ1v) is 3.87. The van der Waals surface area contributed by atoms with Crippen LogP contribution in [-0.4, -0.2) is 36.0 Å². The average Bonchev–Trinajstić information content (AvgIpc) is 2.13. The molecule has 0 bridgehead atoms. The molecular weight excluding hydrogens is 198 g/mol. The molecule has 1 atom stereocenters. The summed E-state index contributed by atoms with van der Waals surface area (Å²) in [6.45, 7) is 5.27. The van der Waals surface area contributed by atoms with E-state index >= 15 is 0 Å². The molecule has 0 saturated carbocycles. The van der Waals surface area contributed by atoms with Gasteiger partial charge in [0.25, 0.3) is 0 Å². The van der Waals surface area contributed by atoms with Gasteiger partial charge in [-0.15, -0.1) is 0 Å². The Bertz CT molecular complexity index is 140. The first-order valence-electron chi connectivity index (χ1n) is 3.07. The molecule has 4 heteroatoms. The van der Waals surface area contributed by atoms with Gasteiger partial charge in [0, 0.05) is 4.48 Å². The summed E-state index contributed by atoms with van der Waals surface area (Å²) in [4.78, 5) is 5.07. The molecule has 0 aromatic rings. The van der Waals surface area contributed by atoms with Gasteiger partial charge < -0.3 is 5.11 Å². The maximum Gasteiger partial charge on any atom is 0.0958 e. The second kappa shape index (κ2) is 3.48. The minimum atomic E-state index is -0.341. The Morgan fingerprint density at radius 1 is 1.90 bits per heavy atom. The zero-order valence-electron chi connectivity index (χ0n) is 5.59. The van der Waals surface area contributed by atoms with Crippen molar-refractivity contribution in [2.45, 2.75) is 6.10 Å². The number of β-amino-alcohol motifs (C(OH)–C–C–N with tert-alkyl or cyclic N) is 1. The standard InChI is InChI=1S/C6H10BrNO2/c1-5(7)2-8-3-6(9)4-10-8/h6,9H,1-4H2/t6-/m0/s1. The van der Waals surface area contributed by atoms with Gasteiger partial charge >= 0.3 is 0 Å². The topological polar surface area (TPSA) is 32.7 Å². The van der Waals surface area contributed by atoms with Crippen molar-refractivity contribution in [1.82, 2.24) is 5.06 Å². The molecule has 58 valence electrons. The maximum atomic E-state index is 9.00. The summed E-state index contributed by atoms with van der Waals surface area (Å²) in [5.41, 5.74) is 0. The zero-order chi connectivity index (χ0) is 7.56. The van der Waals surface area contributed by atoms with Gasteiger partial charge in [-0.25, -0.2) is 0 Å². The lowest BCUT2D eigenvalue weighted by atomic mass is 10.4. The Morgan fingerprint density at radius 3 is 3.00 bits per heavy atom. The fraction of sp³-hybridized carbons (Fsp3) is 0.667. The van der Waals surface area contributed by atoms with Crippen molar-refractivity contribution < 1.29 is 9.94 Å². The summed E-state index contributed by atoms with van der Waals surface area (Å²) in [5.74, 6) is 0. The molecular formula is C6H10BrNO2. The molecule has 0 radical (unpaired) electrons. The zero-order valence-corrected chi connectivity index (χ0v) is 7.17. The van der Waals surface area contributed by atoms with Crippen LogP contribution < -0.4 is 0 Å². The van der Waals surface area contributed by atoms with Crippen LogP contribution in [0.3, 0.4) is 0 Å². The Hall–Kier alpha value is 0.1000. The fourth-order valence-corrected chi connectivity index (χ4v) is 1.11. The number of aliphatic hydroxyl groups excluding tert-OH is 1. The van der Waals surface area contributed by atoms with Gasteiger partial charge in [0.15, 0.2) is 0 Å². The summed E-state index contributed by atoms with van der Waals surface area (Å²) in [6, 6.07) is 0. The number of aliphatic hydroxyl groups is 1. The van der Waals surface area contributed by atoms with E-state index in [-0.39, 0.29) is 6.10 Å². The number of hydroxylamine groups is 2. The lowest BCUT2D eigenvalue weighted by Gasteiger charge is -2.11. The third-order valence-electron chi connectivity index (χ3n) is 1.21. The SMILES string of the molecule is C=C(Br)CN1C[C@H](O)CO1. The van der Waals surface area contributed by atoms with E-state index in [1.165, 1.54) is 0 Å². The summed E-state index contributed by atoms with van der Waals surface area (Å²) >= 11 is 3.21. The molecule has 0 aromatic heterocycles. The van der Waals surface area contributed by atoms with Crippen LogP contribution in [0.4, 0.5) is 0 Å². The molecule has 0 spiro atoms. The van der Waals surface area contributed by atoms with Crippen LogP contribution in [0.2, 0.25) is 0 Å². The smallest absolute Gasteiger partial charge is 0.0958 e. The van der Waals surface area contributed by atoms with Crippen molar-refractivity contribution >= 4 is 15.9 Å². The highest BCUT2D eigenvalue weighted by Gasteiger charge is 2.20. The first-order chi connectivity index (χ1) is 4.68. The van der Waals surface area contributed by atoms with Gasteiger partial charge in [0.2, 0.25) is 0 Å². The minimum Gasteiger partial charge on any atom is -0.389 e. The van der Waals surface area contributed by atoms with Crippen molar-refractivity contribution in [2.24, 2.45) is 0 Å². The molecule has 1 aliphatic rings. The second-order valence-corrected chi connectivity index (χ2v) is 3.41. The van der Waals surface area contributed by atoms with E-state index in [4.69, 9.17) is 9.94 Å². The quantitative estimate of drug-likeness (QED) is 0.717. The molecule has 1 fully saturated rings. The highest BCUT2D eigenvalue weighted by Crippen LogP contribution is 2.10. The average molecular weight is 208 g/mol. The molecule has 1 heterocycles. The van der Waals surface area contributed by atoms with Crippen LogP contribution in [0.5, 0.6) is 0 Å². The molecule has 1 saturated heterocycles. The van der Waals surface area contributed by atoms with Crippen molar-refractivity contribution in [3.63, 3.8) is 0 Å². The van der Waals surface area contributed by atoms with E-state index in [9.17, 15) is 0 Å². The summed E-state index contributed by atoms with van der Waals surface area (Å²) < 4.78 is 0.863. The normalized spacial score (nSPS) is 27.2. The maximum absolute atomic E-state index is 9.00. The lowest BCUT2D eigenvalue weighted by molar-refractivity contribution is -0.101. The number of hydrogen-bond donors (Lipinski definition) is 1. The van der Waals surface area contributed by atoms with E-state index in [1.807, 2.05) is 0 Å². The third kappa shape index (κ3) is 2.38. The van der Waals surface area contributed by atoms with E-state index in [2.05, 4.69) is 22.5 Å². The Labute approximate surface area is 68.4 Å². The number of halogens is 1. The number of hydrogen-bond acceptors (Lipinski definition) is 3. The molecule has 1 aliphatic heterocycles. The Morgan fingerprint density at radius 2 is 2.60 bits per heavy atom. The molecule has 10 heavy (non-hydrogen) atoms. The predicted molar refractivity (Wildman–Crippen MR) is 41.6 cm³/mol. The van der Waals surface area contributed by atoms with Crippen LogP contribution in [0.1, 0.15) is 0 Å². The molecule has 0 amide bonds. The molecule has 0 aliphatic carbocycles. The van der Waals surface area contributed by atoms with Crippen molar-refractivity contribution in [2.75, 3.05) is 19.7 Å².